The molecule has 18 heavy (non-hydrogen) atoms. The van der Waals surface area contributed by atoms with E-state index in [2.05, 4.69) is 0 Å². The highest BCUT2D eigenvalue weighted by molar-refractivity contribution is 5.90. The van der Waals surface area contributed by atoms with Crippen LogP contribution < -0.4 is 4.90 Å². The smallest absolute Gasteiger partial charge is 0.335 e. The average molecular weight is 248 g/mol. The lowest BCUT2D eigenvalue weighted by molar-refractivity contribution is -0.384. The van der Waals surface area contributed by atoms with E-state index in [1.807, 2.05) is 4.90 Å². The van der Waals surface area contributed by atoms with Crippen molar-refractivity contribution in [2.24, 2.45) is 5.41 Å². The van der Waals surface area contributed by atoms with Gasteiger partial charge in [-0.3, -0.25) is 10.1 Å². The van der Waals surface area contributed by atoms with Crippen LogP contribution in [0.2, 0.25) is 0 Å². The molecule has 0 atom stereocenters. The number of nitro benzene ring substituents is 1. The Morgan fingerprint density at radius 2 is 2.06 bits per heavy atom. The van der Waals surface area contributed by atoms with Crippen LogP contribution in [0, 0.1) is 15.5 Å². The summed E-state index contributed by atoms with van der Waals surface area (Å²) in [6, 6.07) is 4.09. The van der Waals surface area contributed by atoms with Gasteiger partial charge < -0.3 is 10.0 Å². The van der Waals surface area contributed by atoms with Gasteiger partial charge in [-0.2, -0.15) is 0 Å². The second kappa shape index (κ2) is 3.44. The maximum atomic E-state index is 11.0. The maximum absolute atomic E-state index is 11.0. The molecule has 1 aliphatic heterocycles. The largest absolute Gasteiger partial charge is 0.478 e. The third kappa shape index (κ3) is 1.61. The van der Waals surface area contributed by atoms with E-state index in [0.29, 0.717) is 11.1 Å². The highest BCUT2D eigenvalue weighted by Crippen LogP contribution is 2.54. The normalized spacial score (nSPS) is 19.4. The van der Waals surface area contributed by atoms with E-state index in [-0.39, 0.29) is 11.3 Å². The molecule has 1 saturated carbocycles. The number of hydrogen-bond donors (Lipinski definition) is 1. The van der Waals surface area contributed by atoms with Crippen molar-refractivity contribution in [2.45, 2.75) is 12.8 Å². The van der Waals surface area contributed by atoms with Crippen molar-refractivity contribution in [3.05, 3.63) is 33.9 Å². The van der Waals surface area contributed by atoms with Gasteiger partial charge in [-0.25, -0.2) is 4.79 Å². The van der Waals surface area contributed by atoms with Crippen molar-refractivity contribution in [3.8, 4) is 0 Å². The average Bonchev–Trinajstić information content (AvgIpc) is 3.06. The zero-order valence-corrected chi connectivity index (χ0v) is 9.63. The van der Waals surface area contributed by atoms with Crippen LogP contribution in [0.3, 0.4) is 0 Å². The summed E-state index contributed by atoms with van der Waals surface area (Å²) in [6.45, 7) is 1.69. The van der Waals surface area contributed by atoms with Crippen molar-refractivity contribution in [2.75, 3.05) is 18.0 Å². The molecule has 94 valence electrons. The monoisotopic (exact) mass is 248 g/mol. The lowest BCUT2D eigenvalue weighted by Gasteiger charge is -2.41. The van der Waals surface area contributed by atoms with Crippen molar-refractivity contribution in [1.29, 1.82) is 0 Å². The van der Waals surface area contributed by atoms with Crippen LogP contribution in [-0.2, 0) is 0 Å². The van der Waals surface area contributed by atoms with E-state index in [9.17, 15) is 14.9 Å². The molecule has 2 aliphatic rings. The van der Waals surface area contributed by atoms with Crippen LogP contribution in [0.4, 0.5) is 11.4 Å². The molecule has 3 rings (SSSR count). The van der Waals surface area contributed by atoms with Crippen molar-refractivity contribution < 1.29 is 14.8 Å². The van der Waals surface area contributed by atoms with Gasteiger partial charge in [0.2, 0.25) is 0 Å². The molecule has 0 amide bonds. The quantitative estimate of drug-likeness (QED) is 0.652. The van der Waals surface area contributed by atoms with Gasteiger partial charge in [-0.05, 0) is 25.0 Å². The summed E-state index contributed by atoms with van der Waals surface area (Å²) in [5.41, 5.74) is 0.763. The highest BCUT2D eigenvalue weighted by atomic mass is 16.6. The van der Waals surface area contributed by atoms with Crippen LogP contribution in [0.15, 0.2) is 18.2 Å². The first-order valence-corrected chi connectivity index (χ1v) is 5.77. The summed E-state index contributed by atoms with van der Waals surface area (Å²) >= 11 is 0. The molecule has 0 unspecified atom stereocenters. The SMILES string of the molecule is O=C(O)c1ccc(N2CC3(CC3)C2)c([N+](=O)[O-])c1. The first-order valence-electron chi connectivity index (χ1n) is 5.77. The van der Waals surface area contributed by atoms with E-state index in [4.69, 9.17) is 5.11 Å². The second-order valence-electron chi connectivity index (χ2n) is 5.12. The number of hydrogen-bond acceptors (Lipinski definition) is 4. The van der Waals surface area contributed by atoms with Gasteiger partial charge in [0.1, 0.15) is 5.69 Å². The topological polar surface area (TPSA) is 83.7 Å². The Labute approximate surface area is 103 Å². The summed E-state index contributed by atoms with van der Waals surface area (Å²) < 4.78 is 0. The minimum atomic E-state index is -1.15. The zero-order valence-electron chi connectivity index (χ0n) is 9.63. The molecule has 1 aromatic rings. The van der Waals surface area contributed by atoms with Gasteiger partial charge in [0.25, 0.3) is 5.69 Å². The van der Waals surface area contributed by atoms with E-state index < -0.39 is 10.9 Å². The van der Waals surface area contributed by atoms with Crippen molar-refractivity contribution in [3.63, 3.8) is 0 Å². The fourth-order valence-corrected chi connectivity index (χ4v) is 2.50. The number of anilines is 1. The molecule has 6 nitrogen and oxygen atoms in total. The van der Waals surface area contributed by atoms with Gasteiger partial charge in [0.05, 0.1) is 10.5 Å². The second-order valence-corrected chi connectivity index (χ2v) is 5.12. The minimum Gasteiger partial charge on any atom is -0.478 e. The molecule has 1 aromatic carbocycles. The number of nitrogens with zero attached hydrogens (tertiary/aromatic N) is 2. The van der Waals surface area contributed by atoms with Gasteiger partial charge in [0.15, 0.2) is 0 Å². The van der Waals surface area contributed by atoms with Crippen LogP contribution in [0.25, 0.3) is 0 Å². The number of rotatable bonds is 3. The fourth-order valence-electron chi connectivity index (χ4n) is 2.50. The Balaban J connectivity index is 1.93. The van der Waals surface area contributed by atoms with Crippen LogP contribution in [-0.4, -0.2) is 29.1 Å². The summed E-state index contributed by atoms with van der Waals surface area (Å²) in [4.78, 5) is 23.3. The molecule has 1 heterocycles. The number of nitro groups is 1. The first kappa shape index (κ1) is 11.0. The molecule has 2 fully saturated rings. The van der Waals surface area contributed by atoms with E-state index in [1.165, 1.54) is 25.0 Å². The number of carbonyl (C=O) groups is 1. The Morgan fingerprint density at radius 3 is 2.56 bits per heavy atom. The van der Waals surface area contributed by atoms with Crippen molar-refractivity contribution in [1.82, 2.24) is 0 Å². The Bertz CT molecular complexity index is 543. The third-order valence-electron chi connectivity index (χ3n) is 3.77. The lowest BCUT2D eigenvalue weighted by atomic mass is 9.95. The summed E-state index contributed by atoms with van der Waals surface area (Å²) in [5.74, 6) is -1.15. The predicted octanol–water partition coefficient (Wildman–Crippen LogP) is 1.89. The maximum Gasteiger partial charge on any atom is 0.335 e. The van der Waals surface area contributed by atoms with E-state index in [0.717, 1.165) is 19.2 Å². The van der Waals surface area contributed by atoms with Gasteiger partial charge in [-0.15, -0.1) is 0 Å². The summed E-state index contributed by atoms with van der Waals surface area (Å²) in [5, 5.41) is 19.9. The summed E-state index contributed by atoms with van der Waals surface area (Å²) in [6.07, 6.45) is 2.40. The molecule has 1 aliphatic carbocycles. The Hall–Kier alpha value is -2.11. The molecule has 6 heteroatoms. The number of benzene rings is 1. The molecular weight excluding hydrogens is 236 g/mol. The van der Waals surface area contributed by atoms with Gasteiger partial charge in [0, 0.05) is 24.6 Å². The number of carboxylic acid groups (broad SMARTS) is 1. The first-order chi connectivity index (χ1) is 8.51. The molecular formula is C12H12N2O4. The standard InChI is InChI=1S/C12H12N2O4/c15-11(16)8-1-2-9(10(5-8)14(17)18)13-6-12(7-13)3-4-12/h1-2,5H,3-4,6-7H2,(H,15,16). The van der Waals surface area contributed by atoms with Crippen LogP contribution in [0.5, 0.6) is 0 Å². The zero-order chi connectivity index (χ0) is 12.9. The van der Waals surface area contributed by atoms with Gasteiger partial charge in [-0.1, -0.05) is 0 Å². The molecule has 0 bridgehead atoms. The van der Waals surface area contributed by atoms with E-state index >= 15 is 0 Å². The molecule has 0 aromatic heterocycles. The number of aromatic carboxylic acids is 1. The lowest BCUT2D eigenvalue weighted by Crippen LogP contribution is -2.48. The Kier molecular flexibility index (Phi) is 2.10. The van der Waals surface area contributed by atoms with Crippen molar-refractivity contribution >= 4 is 17.3 Å². The fraction of sp³-hybridized carbons (Fsp3) is 0.417. The number of carboxylic acids is 1. The van der Waals surface area contributed by atoms with Crippen LogP contribution in [0.1, 0.15) is 23.2 Å². The molecule has 1 spiro atoms. The molecule has 1 saturated heterocycles. The predicted molar refractivity (Wildman–Crippen MR) is 63.9 cm³/mol. The minimum absolute atomic E-state index is 0.0490. The van der Waals surface area contributed by atoms with Gasteiger partial charge >= 0.3 is 5.97 Å². The highest BCUT2D eigenvalue weighted by Gasteiger charge is 2.53. The third-order valence-corrected chi connectivity index (χ3v) is 3.77. The van der Waals surface area contributed by atoms with E-state index in [1.54, 1.807) is 0 Å². The van der Waals surface area contributed by atoms with Crippen LogP contribution >= 0.6 is 0 Å². The summed E-state index contributed by atoms with van der Waals surface area (Å²) in [7, 11) is 0. The Morgan fingerprint density at radius 1 is 1.39 bits per heavy atom. The molecule has 1 N–H and O–H groups in total. The molecule has 0 radical (unpaired) electrons.